The first-order valence-corrected chi connectivity index (χ1v) is 10.4. The van der Waals surface area contributed by atoms with Gasteiger partial charge in [0.25, 0.3) is 0 Å². The molecule has 0 unspecified atom stereocenters. The summed E-state index contributed by atoms with van der Waals surface area (Å²) in [5.41, 5.74) is 5.04. The third-order valence-corrected chi connectivity index (χ3v) is 5.81. The number of nitrogens with one attached hydrogen (secondary N) is 3. The molecule has 3 N–H and O–H groups in total. The summed E-state index contributed by atoms with van der Waals surface area (Å²) in [6.07, 6.45) is 4.99. The van der Waals surface area contributed by atoms with E-state index in [2.05, 4.69) is 65.8 Å². The minimum Gasteiger partial charge on any atom is -0.361 e. The Kier molecular flexibility index (Phi) is 6.50. The zero-order chi connectivity index (χ0) is 19.2. The van der Waals surface area contributed by atoms with E-state index in [9.17, 15) is 0 Å². The lowest BCUT2D eigenvalue weighted by Gasteiger charge is -2.11. The molecule has 0 aliphatic rings. The smallest absolute Gasteiger partial charge is 0.191 e. The van der Waals surface area contributed by atoms with E-state index >= 15 is 0 Å². The molecule has 0 atom stereocenters. The summed E-state index contributed by atoms with van der Waals surface area (Å²) in [7, 11) is 1.81. The van der Waals surface area contributed by atoms with Gasteiger partial charge in [0.05, 0.1) is 10.7 Å². The average molecular weight is 384 g/mol. The number of aryl methyl sites for hydroxylation is 3. The van der Waals surface area contributed by atoms with Gasteiger partial charge in [-0.05, 0) is 43.9 Å². The molecule has 0 fully saturated rings. The van der Waals surface area contributed by atoms with Crippen LogP contribution < -0.4 is 10.6 Å². The molecule has 144 valence electrons. The third-order valence-electron chi connectivity index (χ3n) is 4.74. The van der Waals surface area contributed by atoms with Crippen molar-refractivity contribution in [3.8, 4) is 0 Å². The molecule has 0 spiro atoms. The molecule has 0 aliphatic carbocycles. The number of aliphatic imine (C=N–C) groups is 1. The van der Waals surface area contributed by atoms with Crippen LogP contribution in [0.25, 0.3) is 10.9 Å². The molecule has 2 heterocycles. The van der Waals surface area contributed by atoms with E-state index < -0.39 is 0 Å². The molecule has 0 bridgehead atoms. The van der Waals surface area contributed by atoms with Gasteiger partial charge in [-0.3, -0.25) is 4.99 Å². The topological polar surface area (TPSA) is 65.1 Å². The van der Waals surface area contributed by atoms with Gasteiger partial charge in [0.2, 0.25) is 0 Å². The normalized spacial score (nSPS) is 11.9. The fourth-order valence-electron chi connectivity index (χ4n) is 3.25. The molecule has 0 aliphatic heterocycles. The van der Waals surface area contributed by atoms with Gasteiger partial charge in [-0.25, -0.2) is 4.98 Å². The Bertz CT molecular complexity index is 922. The van der Waals surface area contributed by atoms with Gasteiger partial charge >= 0.3 is 0 Å². The molecule has 0 saturated carbocycles. The summed E-state index contributed by atoms with van der Waals surface area (Å²) in [5.74, 6) is 0.842. The van der Waals surface area contributed by atoms with E-state index in [4.69, 9.17) is 4.98 Å². The number of hydrogen-bond acceptors (Lipinski definition) is 3. The predicted molar refractivity (Wildman–Crippen MR) is 116 cm³/mol. The number of hydrogen-bond donors (Lipinski definition) is 3. The van der Waals surface area contributed by atoms with Crippen LogP contribution in [0.3, 0.4) is 0 Å². The Labute approximate surface area is 165 Å². The van der Waals surface area contributed by atoms with Gasteiger partial charge < -0.3 is 15.6 Å². The van der Waals surface area contributed by atoms with Gasteiger partial charge in [-0.15, -0.1) is 11.3 Å². The van der Waals surface area contributed by atoms with Crippen molar-refractivity contribution in [3.63, 3.8) is 0 Å². The van der Waals surface area contributed by atoms with Crippen LogP contribution in [0.1, 0.15) is 33.6 Å². The monoisotopic (exact) mass is 383 g/mol. The van der Waals surface area contributed by atoms with Crippen molar-refractivity contribution < 1.29 is 0 Å². The van der Waals surface area contributed by atoms with Crippen molar-refractivity contribution in [2.75, 3.05) is 20.1 Å². The average Bonchev–Trinajstić information content (AvgIpc) is 3.22. The molecule has 6 heteroatoms. The van der Waals surface area contributed by atoms with Crippen LogP contribution in [0.2, 0.25) is 0 Å². The molecule has 0 radical (unpaired) electrons. The Hall–Kier alpha value is -2.34. The Morgan fingerprint density at radius 2 is 1.96 bits per heavy atom. The third kappa shape index (κ3) is 4.89. The molecular formula is C21H29N5S. The Morgan fingerprint density at radius 1 is 1.19 bits per heavy atom. The van der Waals surface area contributed by atoms with Gasteiger partial charge in [-0.2, -0.15) is 0 Å². The predicted octanol–water partition coefficient (Wildman–Crippen LogP) is 3.75. The molecule has 3 rings (SSSR count). The second kappa shape index (κ2) is 9.04. The minimum atomic E-state index is 0.835. The second-order valence-corrected chi connectivity index (χ2v) is 8.04. The highest BCUT2D eigenvalue weighted by Crippen LogP contribution is 2.20. The van der Waals surface area contributed by atoms with Gasteiger partial charge in [0, 0.05) is 48.5 Å². The van der Waals surface area contributed by atoms with Gasteiger partial charge in [-0.1, -0.05) is 19.1 Å². The fourth-order valence-corrected chi connectivity index (χ4v) is 4.27. The zero-order valence-corrected chi connectivity index (χ0v) is 17.5. The minimum absolute atomic E-state index is 0.835. The summed E-state index contributed by atoms with van der Waals surface area (Å²) in [5, 5.41) is 9.29. The Morgan fingerprint density at radius 3 is 2.67 bits per heavy atom. The van der Waals surface area contributed by atoms with Crippen molar-refractivity contribution in [2.45, 2.75) is 40.0 Å². The molecule has 27 heavy (non-hydrogen) atoms. The molecule has 5 nitrogen and oxygen atoms in total. The van der Waals surface area contributed by atoms with E-state index in [-0.39, 0.29) is 0 Å². The van der Waals surface area contributed by atoms with Crippen molar-refractivity contribution in [2.24, 2.45) is 4.99 Å². The van der Waals surface area contributed by atoms with Crippen LogP contribution in [-0.4, -0.2) is 36.1 Å². The SMILES string of the molecule is CCc1nc(CCNC(=NC)NCCc2c[nH]c3cc(C)ccc23)sc1C. The number of rotatable bonds is 7. The van der Waals surface area contributed by atoms with Gasteiger partial charge in [0.15, 0.2) is 5.96 Å². The summed E-state index contributed by atoms with van der Waals surface area (Å²) in [6.45, 7) is 8.11. The first-order chi connectivity index (χ1) is 13.1. The van der Waals surface area contributed by atoms with E-state index in [1.807, 2.05) is 7.05 Å². The maximum atomic E-state index is 4.70. The first kappa shape index (κ1) is 19.4. The first-order valence-electron chi connectivity index (χ1n) is 9.57. The van der Waals surface area contributed by atoms with Crippen molar-refractivity contribution in [1.82, 2.24) is 20.6 Å². The van der Waals surface area contributed by atoms with Crippen molar-refractivity contribution in [3.05, 3.63) is 51.1 Å². The van der Waals surface area contributed by atoms with E-state index in [1.165, 1.54) is 37.6 Å². The number of nitrogens with zero attached hydrogens (tertiary/aromatic N) is 2. The highest BCUT2D eigenvalue weighted by molar-refractivity contribution is 7.11. The summed E-state index contributed by atoms with van der Waals surface area (Å²) in [6, 6.07) is 6.55. The second-order valence-electron chi connectivity index (χ2n) is 6.75. The fraction of sp³-hybridized carbons (Fsp3) is 0.429. The molecule has 0 amide bonds. The van der Waals surface area contributed by atoms with Crippen LogP contribution in [0.15, 0.2) is 29.4 Å². The van der Waals surface area contributed by atoms with Crippen LogP contribution in [0, 0.1) is 13.8 Å². The molecule has 2 aromatic heterocycles. The number of aromatic amines is 1. The Balaban J connectivity index is 1.46. The molecule has 1 aromatic carbocycles. The summed E-state index contributed by atoms with van der Waals surface area (Å²) >= 11 is 1.80. The summed E-state index contributed by atoms with van der Waals surface area (Å²) in [4.78, 5) is 13.7. The lowest BCUT2D eigenvalue weighted by molar-refractivity contribution is 0.781. The van der Waals surface area contributed by atoms with E-state index in [1.54, 1.807) is 11.3 Å². The highest BCUT2D eigenvalue weighted by Gasteiger charge is 2.07. The number of guanidine groups is 1. The highest BCUT2D eigenvalue weighted by atomic mass is 32.1. The van der Waals surface area contributed by atoms with E-state index in [0.29, 0.717) is 0 Å². The molecule has 3 aromatic rings. The number of fused-ring (bicyclic) bond motifs is 1. The standard InChI is InChI=1S/C21H29N5S/c1-5-18-15(3)27-20(26-18)9-11-24-21(22-4)23-10-8-16-13-25-19-12-14(2)6-7-17(16)19/h6-7,12-13,25H,5,8-11H2,1-4H3,(H2,22,23,24). The van der Waals surface area contributed by atoms with Gasteiger partial charge in [0.1, 0.15) is 0 Å². The number of thiazole rings is 1. The quantitative estimate of drug-likeness (QED) is 0.430. The maximum absolute atomic E-state index is 4.70. The number of aromatic nitrogens is 2. The van der Waals surface area contributed by atoms with Crippen LogP contribution >= 0.6 is 11.3 Å². The zero-order valence-electron chi connectivity index (χ0n) is 16.6. The largest absolute Gasteiger partial charge is 0.361 e. The van der Waals surface area contributed by atoms with Crippen LogP contribution in [-0.2, 0) is 19.3 Å². The van der Waals surface area contributed by atoms with Crippen LogP contribution in [0.5, 0.6) is 0 Å². The van der Waals surface area contributed by atoms with Crippen molar-refractivity contribution >= 4 is 28.2 Å². The molecular weight excluding hydrogens is 354 g/mol. The summed E-state index contributed by atoms with van der Waals surface area (Å²) < 4.78 is 0. The van der Waals surface area contributed by atoms with E-state index in [0.717, 1.165) is 38.3 Å². The lowest BCUT2D eigenvalue weighted by Crippen LogP contribution is -2.39. The number of H-pyrrole nitrogens is 1. The number of benzene rings is 1. The lowest BCUT2D eigenvalue weighted by atomic mass is 10.1. The molecule has 0 saturated heterocycles. The van der Waals surface area contributed by atoms with Crippen LogP contribution in [0.4, 0.5) is 0 Å². The van der Waals surface area contributed by atoms with Crippen molar-refractivity contribution in [1.29, 1.82) is 0 Å². The maximum Gasteiger partial charge on any atom is 0.191 e.